The van der Waals surface area contributed by atoms with Crippen molar-refractivity contribution in [3.8, 4) is 0 Å². The SMILES string of the molecule is CNCCC1CCCCN1C(=O)CC(C)CC(C)(C)C. The highest BCUT2D eigenvalue weighted by atomic mass is 16.2. The monoisotopic (exact) mass is 282 g/mol. The minimum atomic E-state index is 0.313. The van der Waals surface area contributed by atoms with Gasteiger partial charge in [0.1, 0.15) is 0 Å². The highest BCUT2D eigenvalue weighted by molar-refractivity contribution is 5.76. The molecule has 3 heteroatoms. The Balaban J connectivity index is 2.50. The van der Waals surface area contributed by atoms with E-state index in [0.717, 1.165) is 25.9 Å². The van der Waals surface area contributed by atoms with Crippen molar-refractivity contribution in [2.45, 2.75) is 72.3 Å². The molecule has 0 aromatic rings. The number of amides is 1. The molecular weight excluding hydrogens is 248 g/mol. The molecule has 1 rings (SSSR count). The van der Waals surface area contributed by atoms with Gasteiger partial charge in [-0.1, -0.05) is 27.7 Å². The number of likely N-dealkylation sites (tertiary alicyclic amines) is 1. The molecule has 1 amide bonds. The van der Waals surface area contributed by atoms with Gasteiger partial charge >= 0.3 is 0 Å². The summed E-state index contributed by atoms with van der Waals surface area (Å²) in [6.07, 6.45) is 6.56. The van der Waals surface area contributed by atoms with Crippen LogP contribution < -0.4 is 5.32 Å². The van der Waals surface area contributed by atoms with E-state index in [-0.39, 0.29) is 0 Å². The van der Waals surface area contributed by atoms with E-state index in [2.05, 4.69) is 37.9 Å². The van der Waals surface area contributed by atoms with Gasteiger partial charge in [-0.2, -0.15) is 0 Å². The molecule has 2 atom stereocenters. The van der Waals surface area contributed by atoms with E-state index >= 15 is 0 Å². The van der Waals surface area contributed by atoms with Gasteiger partial charge in [0.2, 0.25) is 5.91 Å². The van der Waals surface area contributed by atoms with Crippen LogP contribution >= 0.6 is 0 Å². The Labute approximate surface area is 125 Å². The van der Waals surface area contributed by atoms with Crippen molar-refractivity contribution in [3.63, 3.8) is 0 Å². The third-order valence-corrected chi connectivity index (χ3v) is 4.16. The molecule has 0 spiro atoms. The summed E-state index contributed by atoms with van der Waals surface area (Å²) in [5.74, 6) is 0.858. The number of carbonyl (C=O) groups excluding carboxylic acids is 1. The van der Waals surface area contributed by atoms with E-state index in [1.807, 2.05) is 7.05 Å². The Bertz CT molecular complexity index is 296. The van der Waals surface area contributed by atoms with E-state index in [4.69, 9.17) is 0 Å². The molecule has 0 bridgehead atoms. The zero-order valence-electron chi connectivity index (χ0n) is 14.2. The molecule has 1 saturated heterocycles. The summed E-state index contributed by atoms with van der Waals surface area (Å²) < 4.78 is 0. The molecule has 2 unspecified atom stereocenters. The Kier molecular flexibility index (Phi) is 7.01. The molecule has 1 heterocycles. The zero-order valence-corrected chi connectivity index (χ0v) is 14.2. The van der Waals surface area contributed by atoms with Gasteiger partial charge in [0.05, 0.1) is 0 Å². The summed E-state index contributed by atoms with van der Waals surface area (Å²) in [7, 11) is 1.99. The zero-order chi connectivity index (χ0) is 15.2. The van der Waals surface area contributed by atoms with E-state index in [1.165, 1.54) is 19.3 Å². The number of nitrogens with one attached hydrogen (secondary N) is 1. The quantitative estimate of drug-likeness (QED) is 0.809. The summed E-state index contributed by atoms with van der Waals surface area (Å²) in [5.41, 5.74) is 0.313. The topological polar surface area (TPSA) is 32.3 Å². The lowest BCUT2D eigenvalue weighted by Crippen LogP contribution is -2.45. The summed E-state index contributed by atoms with van der Waals surface area (Å²) in [4.78, 5) is 14.7. The first-order chi connectivity index (χ1) is 9.33. The number of carbonyl (C=O) groups is 1. The van der Waals surface area contributed by atoms with Crippen molar-refractivity contribution in [1.29, 1.82) is 0 Å². The van der Waals surface area contributed by atoms with Crippen molar-refractivity contribution in [2.24, 2.45) is 11.3 Å². The first kappa shape index (κ1) is 17.5. The molecule has 20 heavy (non-hydrogen) atoms. The van der Waals surface area contributed by atoms with Crippen LogP contribution in [0.3, 0.4) is 0 Å². The first-order valence-corrected chi connectivity index (χ1v) is 8.27. The van der Waals surface area contributed by atoms with Gasteiger partial charge in [-0.15, -0.1) is 0 Å². The Morgan fingerprint density at radius 3 is 2.65 bits per heavy atom. The van der Waals surface area contributed by atoms with Crippen LogP contribution in [-0.4, -0.2) is 37.0 Å². The predicted molar refractivity (Wildman–Crippen MR) is 85.7 cm³/mol. The second-order valence-electron chi connectivity index (χ2n) is 7.70. The van der Waals surface area contributed by atoms with Crippen molar-refractivity contribution in [2.75, 3.05) is 20.1 Å². The fourth-order valence-electron chi connectivity index (χ4n) is 3.47. The van der Waals surface area contributed by atoms with Crippen LogP contribution in [0.2, 0.25) is 0 Å². The van der Waals surface area contributed by atoms with Crippen LogP contribution in [0.15, 0.2) is 0 Å². The lowest BCUT2D eigenvalue weighted by molar-refractivity contribution is -0.136. The fraction of sp³-hybridized carbons (Fsp3) is 0.941. The minimum Gasteiger partial charge on any atom is -0.340 e. The van der Waals surface area contributed by atoms with Gasteiger partial charge in [0.25, 0.3) is 0 Å². The van der Waals surface area contributed by atoms with Crippen LogP contribution in [0.1, 0.15) is 66.2 Å². The Morgan fingerprint density at radius 2 is 2.05 bits per heavy atom. The normalized spacial score (nSPS) is 21.9. The van der Waals surface area contributed by atoms with Crippen molar-refractivity contribution in [1.82, 2.24) is 10.2 Å². The minimum absolute atomic E-state index is 0.313. The predicted octanol–water partition coefficient (Wildman–Crippen LogP) is 3.44. The maximum absolute atomic E-state index is 12.6. The van der Waals surface area contributed by atoms with Crippen molar-refractivity contribution >= 4 is 5.91 Å². The average molecular weight is 282 g/mol. The molecule has 1 N–H and O–H groups in total. The highest BCUT2D eigenvalue weighted by Crippen LogP contribution is 2.28. The molecule has 1 aliphatic heterocycles. The third kappa shape index (κ3) is 6.25. The van der Waals surface area contributed by atoms with E-state index in [9.17, 15) is 4.79 Å². The number of hydrogen-bond acceptors (Lipinski definition) is 2. The van der Waals surface area contributed by atoms with E-state index in [1.54, 1.807) is 0 Å². The number of piperidine rings is 1. The maximum atomic E-state index is 12.6. The molecule has 118 valence electrons. The van der Waals surface area contributed by atoms with Gasteiger partial charge < -0.3 is 10.2 Å². The molecule has 0 aromatic carbocycles. The van der Waals surface area contributed by atoms with Gasteiger partial charge in [-0.25, -0.2) is 0 Å². The first-order valence-electron chi connectivity index (χ1n) is 8.27. The molecule has 0 saturated carbocycles. The average Bonchev–Trinajstić information content (AvgIpc) is 2.34. The molecular formula is C17H34N2O. The highest BCUT2D eigenvalue weighted by Gasteiger charge is 2.27. The fourth-order valence-corrected chi connectivity index (χ4v) is 3.47. The molecule has 1 fully saturated rings. The summed E-state index contributed by atoms with van der Waals surface area (Å²) in [5, 5.41) is 3.21. The molecule has 3 nitrogen and oxygen atoms in total. The molecule has 0 radical (unpaired) electrons. The lowest BCUT2D eigenvalue weighted by atomic mass is 9.84. The van der Waals surface area contributed by atoms with Crippen LogP contribution in [0, 0.1) is 11.3 Å². The Hall–Kier alpha value is -0.570. The maximum Gasteiger partial charge on any atom is 0.223 e. The standard InChI is InChI=1S/C17H34N2O/c1-14(13-17(2,3)4)12-16(20)19-11-7-6-8-15(19)9-10-18-5/h14-15,18H,6-13H2,1-5H3. The van der Waals surface area contributed by atoms with Crippen molar-refractivity contribution in [3.05, 3.63) is 0 Å². The van der Waals surface area contributed by atoms with Crippen LogP contribution in [0.25, 0.3) is 0 Å². The molecule has 0 aromatic heterocycles. The van der Waals surface area contributed by atoms with E-state index in [0.29, 0.717) is 29.7 Å². The van der Waals surface area contributed by atoms with Gasteiger partial charge in [-0.3, -0.25) is 4.79 Å². The van der Waals surface area contributed by atoms with Gasteiger partial charge in [0, 0.05) is 19.0 Å². The second-order valence-corrected chi connectivity index (χ2v) is 7.70. The van der Waals surface area contributed by atoms with Gasteiger partial charge in [-0.05, 0) is 57.0 Å². The number of hydrogen-bond donors (Lipinski definition) is 1. The van der Waals surface area contributed by atoms with Gasteiger partial charge in [0.15, 0.2) is 0 Å². The van der Waals surface area contributed by atoms with E-state index < -0.39 is 0 Å². The summed E-state index contributed by atoms with van der Waals surface area (Å²) >= 11 is 0. The summed E-state index contributed by atoms with van der Waals surface area (Å²) in [6, 6.07) is 0.463. The van der Waals surface area contributed by atoms with Crippen LogP contribution in [-0.2, 0) is 4.79 Å². The summed E-state index contributed by atoms with van der Waals surface area (Å²) in [6.45, 7) is 11.0. The van der Waals surface area contributed by atoms with Crippen molar-refractivity contribution < 1.29 is 4.79 Å². The second kappa shape index (κ2) is 8.02. The third-order valence-electron chi connectivity index (χ3n) is 4.16. The van der Waals surface area contributed by atoms with Crippen LogP contribution in [0.4, 0.5) is 0 Å². The molecule has 0 aliphatic carbocycles. The largest absolute Gasteiger partial charge is 0.340 e. The smallest absolute Gasteiger partial charge is 0.223 e. The lowest BCUT2D eigenvalue weighted by Gasteiger charge is -2.37. The van der Waals surface area contributed by atoms with Crippen LogP contribution in [0.5, 0.6) is 0 Å². The number of nitrogens with zero attached hydrogens (tertiary/aromatic N) is 1. The number of rotatable bonds is 6. The molecule has 1 aliphatic rings. The Morgan fingerprint density at radius 1 is 1.35 bits per heavy atom.